The fourth-order valence-electron chi connectivity index (χ4n) is 3.14. The van der Waals surface area contributed by atoms with Crippen molar-refractivity contribution in [3.05, 3.63) is 35.9 Å². The Morgan fingerprint density at radius 1 is 1.33 bits per heavy atom. The lowest BCUT2D eigenvalue weighted by Gasteiger charge is -2.18. The maximum atomic E-state index is 12.1. The molecule has 1 aromatic rings. The molecular weight excluding hydrogens is 262 g/mol. The first-order valence-corrected chi connectivity index (χ1v) is 7.99. The van der Waals surface area contributed by atoms with Crippen LogP contribution in [0, 0.1) is 11.8 Å². The van der Waals surface area contributed by atoms with Gasteiger partial charge in [-0.2, -0.15) is 0 Å². The molecule has 116 valence electrons. The molecule has 1 aliphatic heterocycles. The van der Waals surface area contributed by atoms with E-state index in [-0.39, 0.29) is 0 Å². The summed E-state index contributed by atoms with van der Waals surface area (Å²) in [5.74, 6) is 1.49. The van der Waals surface area contributed by atoms with E-state index in [0.717, 1.165) is 45.4 Å². The third-order valence-electron chi connectivity index (χ3n) is 4.36. The Hall–Kier alpha value is -1.35. The normalized spacial score (nSPS) is 20.0. The Labute approximate surface area is 128 Å². The maximum Gasteiger partial charge on any atom is 0.222 e. The number of hydrogen-bond donors (Lipinski definition) is 0. The minimum Gasteiger partial charge on any atom is -0.385 e. The highest BCUT2D eigenvalue weighted by molar-refractivity contribution is 5.78. The van der Waals surface area contributed by atoms with Gasteiger partial charge in [-0.3, -0.25) is 4.79 Å². The van der Waals surface area contributed by atoms with Crippen LogP contribution in [0.5, 0.6) is 0 Å². The monoisotopic (exact) mass is 289 g/mol. The van der Waals surface area contributed by atoms with Gasteiger partial charge in [0.2, 0.25) is 5.91 Å². The van der Waals surface area contributed by atoms with Crippen molar-refractivity contribution in [3.8, 4) is 0 Å². The summed E-state index contributed by atoms with van der Waals surface area (Å²) in [6, 6.07) is 10.4. The molecule has 1 heterocycles. The van der Waals surface area contributed by atoms with Gasteiger partial charge in [-0.05, 0) is 36.7 Å². The zero-order valence-electron chi connectivity index (χ0n) is 13.3. The van der Waals surface area contributed by atoms with Crippen LogP contribution in [0.25, 0.3) is 0 Å². The molecule has 0 saturated carbocycles. The molecule has 2 atom stereocenters. The average molecular weight is 289 g/mol. The summed E-state index contributed by atoms with van der Waals surface area (Å²) in [5, 5.41) is 0. The lowest BCUT2D eigenvalue weighted by molar-refractivity contribution is -0.127. The predicted octanol–water partition coefficient (Wildman–Crippen LogP) is 3.14. The van der Waals surface area contributed by atoms with Gasteiger partial charge in [0.05, 0.1) is 0 Å². The number of ether oxygens (including phenoxy) is 1. The highest BCUT2D eigenvalue weighted by Gasteiger charge is 2.29. The van der Waals surface area contributed by atoms with Crippen molar-refractivity contribution in [2.75, 3.05) is 26.8 Å². The van der Waals surface area contributed by atoms with Gasteiger partial charge < -0.3 is 9.64 Å². The third kappa shape index (κ3) is 5.16. The summed E-state index contributed by atoms with van der Waals surface area (Å²) in [7, 11) is 1.75. The highest BCUT2D eigenvalue weighted by Crippen LogP contribution is 2.26. The Balaban J connectivity index is 1.74. The van der Waals surface area contributed by atoms with E-state index in [2.05, 4.69) is 31.2 Å². The molecule has 0 spiro atoms. The zero-order valence-corrected chi connectivity index (χ0v) is 13.3. The highest BCUT2D eigenvalue weighted by atomic mass is 16.5. The van der Waals surface area contributed by atoms with E-state index in [1.54, 1.807) is 7.11 Å². The molecule has 1 aromatic carbocycles. The molecule has 1 saturated heterocycles. The molecule has 1 fully saturated rings. The van der Waals surface area contributed by atoms with Crippen molar-refractivity contribution < 1.29 is 9.53 Å². The molecule has 21 heavy (non-hydrogen) atoms. The van der Waals surface area contributed by atoms with E-state index in [1.165, 1.54) is 5.56 Å². The molecule has 1 aliphatic rings. The fraction of sp³-hybridized carbons (Fsp3) is 0.611. The number of nitrogens with zero attached hydrogens (tertiary/aromatic N) is 1. The number of carbonyl (C=O) groups excluding carboxylic acids is 1. The molecule has 0 aliphatic carbocycles. The summed E-state index contributed by atoms with van der Waals surface area (Å²) < 4.78 is 5.13. The van der Waals surface area contributed by atoms with E-state index in [4.69, 9.17) is 4.74 Å². The zero-order chi connectivity index (χ0) is 15.1. The van der Waals surface area contributed by atoms with E-state index < -0.39 is 0 Å². The average Bonchev–Trinajstić information content (AvgIpc) is 2.84. The Bertz CT molecular complexity index is 432. The van der Waals surface area contributed by atoms with Gasteiger partial charge >= 0.3 is 0 Å². The maximum absolute atomic E-state index is 12.1. The standard InChI is InChI=1S/C18H27NO2/c1-15(9-11-21-2)12-17-13-18(20)19(14-17)10-8-16-6-4-3-5-7-16/h3-7,15,17H,8-14H2,1-2H3/t15-,17+/m1/s1. The SMILES string of the molecule is COCC[C@@H](C)C[C@H]1CC(=O)N(CCc2ccccc2)C1. The first-order chi connectivity index (χ1) is 10.2. The second-order valence-corrected chi connectivity index (χ2v) is 6.27. The van der Waals surface area contributed by atoms with Gasteiger partial charge in [-0.15, -0.1) is 0 Å². The van der Waals surface area contributed by atoms with Crippen molar-refractivity contribution in [3.63, 3.8) is 0 Å². The number of benzene rings is 1. The van der Waals surface area contributed by atoms with E-state index in [1.807, 2.05) is 11.0 Å². The van der Waals surface area contributed by atoms with Crippen LogP contribution in [0.1, 0.15) is 31.7 Å². The van der Waals surface area contributed by atoms with Crippen LogP contribution in [-0.4, -0.2) is 37.6 Å². The molecule has 0 aromatic heterocycles. The lowest BCUT2D eigenvalue weighted by atomic mass is 9.93. The second kappa shape index (κ2) is 8.18. The summed E-state index contributed by atoms with van der Waals surface area (Å²) in [6.45, 7) is 4.87. The Morgan fingerprint density at radius 3 is 2.81 bits per heavy atom. The van der Waals surface area contributed by atoms with Crippen molar-refractivity contribution in [2.45, 2.75) is 32.6 Å². The first-order valence-electron chi connectivity index (χ1n) is 7.99. The molecule has 3 nitrogen and oxygen atoms in total. The molecule has 0 unspecified atom stereocenters. The van der Waals surface area contributed by atoms with Gasteiger partial charge in [0.15, 0.2) is 0 Å². The topological polar surface area (TPSA) is 29.5 Å². The number of hydrogen-bond acceptors (Lipinski definition) is 2. The Kier molecular flexibility index (Phi) is 6.24. The molecule has 1 amide bonds. The van der Waals surface area contributed by atoms with Crippen LogP contribution in [0.3, 0.4) is 0 Å². The van der Waals surface area contributed by atoms with Crippen molar-refractivity contribution in [2.24, 2.45) is 11.8 Å². The number of amides is 1. The number of carbonyl (C=O) groups is 1. The van der Waals surface area contributed by atoms with Crippen molar-refractivity contribution in [1.82, 2.24) is 4.90 Å². The van der Waals surface area contributed by atoms with Gasteiger partial charge in [0.25, 0.3) is 0 Å². The summed E-state index contributed by atoms with van der Waals surface area (Å²) in [6.07, 6.45) is 3.91. The van der Waals surface area contributed by atoms with Crippen molar-refractivity contribution in [1.29, 1.82) is 0 Å². The van der Waals surface area contributed by atoms with E-state index in [0.29, 0.717) is 17.7 Å². The van der Waals surface area contributed by atoms with Crippen LogP contribution >= 0.6 is 0 Å². The van der Waals surface area contributed by atoms with Crippen molar-refractivity contribution >= 4 is 5.91 Å². The van der Waals surface area contributed by atoms with Gasteiger partial charge in [0, 0.05) is 33.2 Å². The Morgan fingerprint density at radius 2 is 2.10 bits per heavy atom. The molecule has 3 heteroatoms. The van der Waals surface area contributed by atoms with Crippen LogP contribution in [0.2, 0.25) is 0 Å². The largest absolute Gasteiger partial charge is 0.385 e. The van der Waals surface area contributed by atoms with Gasteiger partial charge in [-0.1, -0.05) is 37.3 Å². The second-order valence-electron chi connectivity index (χ2n) is 6.27. The molecule has 0 bridgehead atoms. The number of methoxy groups -OCH3 is 1. The lowest BCUT2D eigenvalue weighted by Crippen LogP contribution is -2.27. The van der Waals surface area contributed by atoms with Gasteiger partial charge in [0.1, 0.15) is 0 Å². The van der Waals surface area contributed by atoms with Crippen LogP contribution in [0.4, 0.5) is 0 Å². The predicted molar refractivity (Wildman–Crippen MR) is 85.1 cm³/mol. The fourth-order valence-corrected chi connectivity index (χ4v) is 3.14. The summed E-state index contributed by atoms with van der Waals surface area (Å²) >= 11 is 0. The molecule has 2 rings (SSSR count). The van der Waals surface area contributed by atoms with Gasteiger partial charge in [-0.25, -0.2) is 0 Å². The first kappa shape index (κ1) is 16.0. The van der Waals surface area contributed by atoms with E-state index >= 15 is 0 Å². The quantitative estimate of drug-likeness (QED) is 0.736. The smallest absolute Gasteiger partial charge is 0.222 e. The van der Waals surface area contributed by atoms with Crippen LogP contribution in [0.15, 0.2) is 30.3 Å². The van der Waals surface area contributed by atoms with Crippen LogP contribution in [-0.2, 0) is 16.0 Å². The molecule has 0 N–H and O–H groups in total. The summed E-state index contributed by atoms with van der Waals surface area (Å²) in [4.78, 5) is 14.1. The minimum absolute atomic E-state index is 0.329. The van der Waals surface area contributed by atoms with Crippen LogP contribution < -0.4 is 0 Å². The number of rotatable bonds is 8. The summed E-state index contributed by atoms with van der Waals surface area (Å²) in [5.41, 5.74) is 1.31. The third-order valence-corrected chi connectivity index (χ3v) is 4.36. The minimum atomic E-state index is 0.329. The molecule has 0 radical (unpaired) electrons. The van der Waals surface area contributed by atoms with E-state index in [9.17, 15) is 4.79 Å². The molecular formula is C18H27NO2. The number of likely N-dealkylation sites (tertiary alicyclic amines) is 1.